The van der Waals surface area contributed by atoms with E-state index in [1.54, 1.807) is 19.6 Å². The Kier molecular flexibility index (Phi) is 20.8. The van der Waals surface area contributed by atoms with Gasteiger partial charge in [-0.1, -0.05) is 41.5 Å². The van der Waals surface area contributed by atoms with Gasteiger partial charge >= 0.3 is 0 Å². The van der Waals surface area contributed by atoms with Gasteiger partial charge in [0.2, 0.25) is 47.3 Å². The molecular formula is C78H128N8O8. The molecule has 17 fully saturated rings. The first-order valence-corrected chi connectivity index (χ1v) is 38.8. The van der Waals surface area contributed by atoms with E-state index in [9.17, 15) is 38.4 Å². The summed E-state index contributed by atoms with van der Waals surface area (Å²) in [6.07, 6.45) is 26.2. The number of nitrogens with one attached hydrogen (secondary N) is 4. The lowest BCUT2D eigenvalue weighted by Crippen LogP contribution is -2.57. The Hall–Kier alpha value is -4.24. The van der Waals surface area contributed by atoms with Gasteiger partial charge in [-0.25, -0.2) is 0 Å². The summed E-state index contributed by atoms with van der Waals surface area (Å²) in [5.41, 5.74) is -1.49. The monoisotopic (exact) mass is 1300 g/mol. The standard InChI is InChI=1S/C78H128N8O8/c1-47(2)83-43-65(87)79-39-15-17-51(9)59-23-25-61-57-22-20-54-42-56(28-32-74(54,12)63(57)29-33-75(59,61)13)82-68(90)46-86(50(7)8)72(94)78(37-38-78)70(92)84(48(3)4)44-66(88)80-40-16-18-52(10)60-24-26-62-58-21-19-53-41-55(27-31-73(53,11)64(58)30-34-76(60,62)14)81-67(89)45-85(49(5)6)71(93)77(35-36-77)69(83)91/h47-64H,15-46H2,1-14H3,(H,79,87)(H,80,88)(H,81,89)(H,82,90)/t51-,52-,53-,54-,55-,56-,57+,58+,59-,60-,61+,62+,63+,64+,73+,74+,75-,76-/m1/s1. The van der Waals surface area contributed by atoms with Crippen molar-refractivity contribution in [1.29, 1.82) is 0 Å². The molecule has 94 heavy (non-hydrogen) atoms. The summed E-state index contributed by atoms with van der Waals surface area (Å²) in [6.45, 7) is 31.3. The van der Waals surface area contributed by atoms with E-state index in [4.69, 9.17) is 0 Å². The van der Waals surface area contributed by atoms with Crippen LogP contribution < -0.4 is 21.3 Å². The molecular weight excluding hydrogens is 1180 g/mol. The average Bonchev–Trinajstić information content (AvgIpc) is 1.30. The SMILES string of the molecule is CC(C)N1CC(=O)NCCC[C@@H](C)[C@H]2CC[C@H]3[C@@H]4CC[C@@H]5C[C@@H](CC[C@]5(C)[C@H]4CC[C@]23C)NC(=O)CN(C(C)C)C(=O)C2(CC2)C(=O)N(C(C)C)CC(=O)NCCC[C@@H](C)[C@H]2CC[C@H]3[C@@H]4CC[C@@H]5C[C@@H](CC[C@]5(C)[C@H]4CC[C@]23C)NC(=O)CN(C(C)C)C(=O)C2(CC2)C1=O. The molecule has 18 atom stereocenters. The van der Waals surface area contributed by atoms with Crippen LogP contribution in [-0.4, -0.2) is 142 Å². The van der Waals surface area contributed by atoms with Gasteiger partial charge in [-0.3, -0.25) is 38.4 Å². The van der Waals surface area contributed by atoms with Gasteiger partial charge in [0.15, 0.2) is 0 Å². The van der Waals surface area contributed by atoms with Crippen molar-refractivity contribution >= 4 is 47.3 Å². The minimum Gasteiger partial charge on any atom is -0.355 e. The van der Waals surface area contributed by atoms with Gasteiger partial charge < -0.3 is 40.9 Å². The molecule has 0 radical (unpaired) electrons. The molecule has 16 nitrogen and oxygen atoms in total. The van der Waals surface area contributed by atoms with Crippen LogP contribution in [0.2, 0.25) is 0 Å². The van der Waals surface area contributed by atoms with Crippen molar-refractivity contribution in [2.45, 2.75) is 300 Å². The van der Waals surface area contributed by atoms with Crippen molar-refractivity contribution < 1.29 is 38.4 Å². The molecule has 0 aromatic heterocycles. The lowest BCUT2D eigenvalue weighted by atomic mass is 9.44. The molecule has 17 aliphatic rings. The predicted octanol–water partition coefficient (Wildman–Crippen LogP) is 11.9. The van der Waals surface area contributed by atoms with Crippen LogP contribution in [0.3, 0.4) is 0 Å². The molecule has 17 rings (SSSR count). The second-order valence-corrected chi connectivity index (χ2v) is 36.1. The predicted molar refractivity (Wildman–Crippen MR) is 368 cm³/mol. The zero-order valence-corrected chi connectivity index (χ0v) is 61.1. The Morgan fingerprint density at radius 3 is 0.957 bits per heavy atom. The minimum absolute atomic E-state index is 0.0473. The highest BCUT2D eigenvalue weighted by atomic mass is 16.2. The average molecular weight is 1310 g/mol. The van der Waals surface area contributed by atoms with E-state index in [1.165, 1.54) is 77.0 Å². The molecule has 0 aromatic carbocycles. The van der Waals surface area contributed by atoms with Crippen molar-refractivity contribution in [3.63, 3.8) is 0 Å². The Labute approximate surface area is 566 Å². The zero-order valence-electron chi connectivity index (χ0n) is 61.1. The van der Waals surface area contributed by atoms with E-state index in [1.807, 2.05) is 55.4 Å². The fourth-order valence-electron chi connectivity index (χ4n) is 24.1. The van der Waals surface area contributed by atoms with Crippen LogP contribution in [0.1, 0.15) is 264 Å². The van der Waals surface area contributed by atoms with Crippen LogP contribution in [0.15, 0.2) is 0 Å². The first-order valence-electron chi connectivity index (χ1n) is 38.8. The van der Waals surface area contributed by atoms with Crippen molar-refractivity contribution in [3.8, 4) is 0 Å². The van der Waals surface area contributed by atoms with E-state index in [2.05, 4.69) is 62.8 Å². The first-order chi connectivity index (χ1) is 44.4. The smallest absolute Gasteiger partial charge is 0.239 e. The van der Waals surface area contributed by atoms with Gasteiger partial charge in [0.1, 0.15) is 10.8 Å². The molecule has 7 aliphatic heterocycles. The third-order valence-electron chi connectivity index (χ3n) is 29.8. The van der Waals surface area contributed by atoms with E-state index in [-0.39, 0.29) is 131 Å². The summed E-state index contributed by atoms with van der Waals surface area (Å²) in [4.78, 5) is 121. The topological polar surface area (TPSA) is 198 Å². The summed E-state index contributed by atoms with van der Waals surface area (Å²) >= 11 is 0. The van der Waals surface area contributed by atoms with E-state index < -0.39 is 10.8 Å². The lowest BCUT2D eigenvalue weighted by Gasteiger charge is -2.61. The van der Waals surface area contributed by atoms with Gasteiger partial charge in [-0.2, -0.15) is 0 Å². The molecule has 0 unspecified atom stereocenters. The van der Waals surface area contributed by atoms with Crippen LogP contribution in [0.5, 0.6) is 0 Å². The summed E-state index contributed by atoms with van der Waals surface area (Å²) in [5.74, 6) is 5.59. The van der Waals surface area contributed by atoms with E-state index in [0.29, 0.717) is 110 Å². The second-order valence-electron chi connectivity index (χ2n) is 36.1. The summed E-state index contributed by atoms with van der Waals surface area (Å²) in [7, 11) is 0. The maximum Gasteiger partial charge on any atom is 0.239 e. The van der Waals surface area contributed by atoms with Crippen LogP contribution in [-0.2, 0) is 38.4 Å². The van der Waals surface area contributed by atoms with Gasteiger partial charge in [0.05, 0.1) is 26.2 Å². The molecule has 7 heterocycles. The van der Waals surface area contributed by atoms with Crippen molar-refractivity contribution in [3.05, 3.63) is 0 Å². The number of carbonyl (C=O) groups is 8. The van der Waals surface area contributed by atoms with Crippen molar-refractivity contribution in [2.75, 3.05) is 39.3 Å². The second kappa shape index (κ2) is 27.5. The lowest BCUT2D eigenvalue weighted by molar-refractivity contribution is -0.155. The number of rotatable bonds is 4. The highest BCUT2D eigenvalue weighted by Crippen LogP contribution is 2.70. The minimum atomic E-state index is -1.25. The van der Waals surface area contributed by atoms with Gasteiger partial charge in [-0.15, -0.1) is 0 Å². The summed E-state index contributed by atoms with van der Waals surface area (Å²) in [5, 5.41) is 13.2. The number of hydrogen-bond acceptors (Lipinski definition) is 8. The van der Waals surface area contributed by atoms with Crippen LogP contribution in [0.4, 0.5) is 0 Å². The fourth-order valence-corrected chi connectivity index (χ4v) is 24.1. The molecule has 2 spiro atoms. The maximum absolute atomic E-state index is 14.7. The molecule has 10 saturated carbocycles. The van der Waals surface area contributed by atoms with Gasteiger partial charge in [-0.05, 0) is 315 Å². The summed E-state index contributed by atoms with van der Waals surface area (Å²) < 4.78 is 0. The van der Waals surface area contributed by atoms with Crippen molar-refractivity contribution in [1.82, 2.24) is 40.9 Å². The van der Waals surface area contributed by atoms with E-state index in [0.717, 1.165) is 64.2 Å². The number of carbonyl (C=O) groups excluding carboxylic acids is 8. The fraction of sp³-hybridized carbons (Fsp3) is 0.897. The molecule has 7 saturated heterocycles. The van der Waals surface area contributed by atoms with Gasteiger partial charge in [0, 0.05) is 49.3 Å². The number of hydrogen-bond donors (Lipinski definition) is 4. The zero-order chi connectivity index (χ0) is 67.8. The van der Waals surface area contributed by atoms with Crippen LogP contribution >= 0.6 is 0 Å². The Morgan fingerprint density at radius 1 is 0.340 bits per heavy atom. The van der Waals surface area contributed by atoms with Crippen molar-refractivity contribution in [2.24, 2.45) is 104 Å². The van der Waals surface area contributed by atoms with Crippen LogP contribution in [0, 0.1) is 104 Å². The highest BCUT2D eigenvalue weighted by Gasteiger charge is 2.65. The maximum atomic E-state index is 14.7. The normalized spacial score (nSPS) is 41.5. The highest BCUT2D eigenvalue weighted by molar-refractivity contribution is 6.10. The third kappa shape index (κ3) is 13.2. The van der Waals surface area contributed by atoms with Crippen LogP contribution in [0.25, 0.3) is 0 Å². The summed E-state index contributed by atoms with van der Waals surface area (Å²) in [6, 6.07) is -1.04. The molecule has 16 heteroatoms. The Bertz CT molecular complexity index is 2640. The quantitative estimate of drug-likeness (QED) is 0.199. The molecule has 0 aromatic rings. The van der Waals surface area contributed by atoms with Gasteiger partial charge in [0.25, 0.3) is 0 Å². The molecule has 528 valence electrons. The number of amides is 8. The molecule has 10 aliphatic carbocycles. The molecule has 16 bridgehead atoms. The third-order valence-corrected chi connectivity index (χ3v) is 29.8. The van der Waals surface area contributed by atoms with E-state index >= 15 is 0 Å². The Morgan fingerprint density at radius 2 is 0.638 bits per heavy atom. The molecule has 8 amide bonds. The largest absolute Gasteiger partial charge is 0.355 e. The first kappa shape index (κ1) is 71.1. The Balaban J connectivity index is 0.760. The number of nitrogens with zero attached hydrogens (tertiary/aromatic N) is 4. The molecule has 4 N–H and O–H groups in total.